The number of aryl methyl sites for hydroxylation is 1. The Morgan fingerprint density at radius 1 is 1.38 bits per heavy atom. The third-order valence-corrected chi connectivity index (χ3v) is 4.67. The van der Waals surface area contributed by atoms with Crippen molar-refractivity contribution in [3.05, 3.63) is 23.7 Å². The van der Waals surface area contributed by atoms with Gasteiger partial charge in [-0.1, -0.05) is 6.92 Å². The Balaban J connectivity index is 1.89. The van der Waals surface area contributed by atoms with Gasteiger partial charge in [0.1, 0.15) is 23.1 Å². The molecule has 114 valence electrons. The maximum Gasteiger partial charge on any atom is 0.249 e. The summed E-state index contributed by atoms with van der Waals surface area (Å²) in [5.74, 6) is 1.79. The van der Waals surface area contributed by atoms with E-state index in [0.29, 0.717) is 13.0 Å². The number of nitrogens with one attached hydrogen (secondary N) is 1. The molecule has 1 saturated heterocycles. The lowest BCUT2D eigenvalue weighted by Gasteiger charge is -2.44. The minimum atomic E-state index is -0.746. The minimum absolute atomic E-state index is 0.0190. The number of amides is 2. The molecule has 5 heteroatoms. The predicted octanol–water partition coefficient (Wildman–Crippen LogP) is 1.99. The molecule has 1 aromatic heterocycles. The zero-order valence-electron chi connectivity index (χ0n) is 12.8. The molecule has 2 unspecified atom stereocenters. The number of hydrogen-bond acceptors (Lipinski definition) is 3. The Kier molecular flexibility index (Phi) is 3.30. The van der Waals surface area contributed by atoms with Gasteiger partial charge in [0.25, 0.3) is 0 Å². The van der Waals surface area contributed by atoms with Crippen molar-refractivity contribution in [3.8, 4) is 0 Å². The van der Waals surface area contributed by atoms with Gasteiger partial charge in [-0.15, -0.1) is 0 Å². The maximum absolute atomic E-state index is 12.9. The monoisotopic (exact) mass is 290 g/mol. The van der Waals surface area contributed by atoms with Crippen LogP contribution in [0.4, 0.5) is 0 Å². The summed E-state index contributed by atoms with van der Waals surface area (Å²) in [5.41, 5.74) is -0.746. The smallest absolute Gasteiger partial charge is 0.249 e. The van der Waals surface area contributed by atoms with Crippen molar-refractivity contribution in [2.75, 3.05) is 0 Å². The van der Waals surface area contributed by atoms with Crippen LogP contribution in [-0.4, -0.2) is 28.3 Å². The van der Waals surface area contributed by atoms with Crippen LogP contribution in [0.3, 0.4) is 0 Å². The van der Waals surface area contributed by atoms with Gasteiger partial charge in [-0.05, 0) is 51.2 Å². The van der Waals surface area contributed by atoms with E-state index in [9.17, 15) is 9.59 Å². The molecule has 0 radical (unpaired) electrons. The Hall–Kier alpha value is -1.78. The molecule has 3 rings (SSSR count). The molecule has 1 saturated carbocycles. The average molecular weight is 290 g/mol. The quantitative estimate of drug-likeness (QED) is 0.922. The first-order valence-electron chi connectivity index (χ1n) is 7.64. The molecule has 2 aliphatic rings. The van der Waals surface area contributed by atoms with Gasteiger partial charge in [0, 0.05) is 0 Å². The summed E-state index contributed by atoms with van der Waals surface area (Å²) in [6.45, 7) is 6.02. The number of carbonyl (C=O) groups is 2. The SMILES string of the molecule is CCC1C(=O)NC(C)(C2CC2)C(=O)N1Cc1ccc(C)o1. The zero-order chi connectivity index (χ0) is 15.2. The minimum Gasteiger partial charge on any atom is -0.464 e. The van der Waals surface area contributed by atoms with Gasteiger partial charge < -0.3 is 14.6 Å². The molecule has 2 fully saturated rings. The van der Waals surface area contributed by atoms with Crippen LogP contribution in [0.1, 0.15) is 44.6 Å². The first-order valence-corrected chi connectivity index (χ1v) is 7.64. The predicted molar refractivity (Wildman–Crippen MR) is 77.3 cm³/mol. The van der Waals surface area contributed by atoms with Crippen molar-refractivity contribution in [2.24, 2.45) is 5.92 Å². The number of rotatable bonds is 4. The standard InChI is InChI=1S/C16H22N2O3/c1-4-13-14(19)17-16(3,11-6-7-11)15(20)18(13)9-12-8-5-10(2)21-12/h5,8,11,13H,4,6-7,9H2,1-3H3,(H,17,19). The number of carbonyl (C=O) groups excluding carboxylic acids is 2. The largest absolute Gasteiger partial charge is 0.464 e. The van der Waals surface area contributed by atoms with E-state index in [1.54, 1.807) is 4.90 Å². The van der Waals surface area contributed by atoms with Gasteiger partial charge in [0.15, 0.2) is 0 Å². The van der Waals surface area contributed by atoms with Crippen molar-refractivity contribution >= 4 is 11.8 Å². The molecule has 0 spiro atoms. The summed E-state index contributed by atoms with van der Waals surface area (Å²) in [4.78, 5) is 27.0. The normalized spacial score (nSPS) is 29.7. The van der Waals surface area contributed by atoms with Crippen LogP contribution in [0.2, 0.25) is 0 Å². The van der Waals surface area contributed by atoms with E-state index < -0.39 is 11.6 Å². The first-order chi connectivity index (χ1) is 9.95. The summed E-state index contributed by atoms with van der Waals surface area (Å²) in [6, 6.07) is 3.34. The second-order valence-corrected chi connectivity index (χ2v) is 6.34. The molecular formula is C16H22N2O3. The fourth-order valence-corrected chi connectivity index (χ4v) is 3.24. The maximum atomic E-state index is 12.9. The molecule has 1 aromatic rings. The topological polar surface area (TPSA) is 62.6 Å². The second kappa shape index (κ2) is 4.90. The number of hydrogen-bond donors (Lipinski definition) is 1. The number of piperazine rings is 1. The Labute approximate surface area is 124 Å². The zero-order valence-corrected chi connectivity index (χ0v) is 12.8. The highest BCUT2D eigenvalue weighted by atomic mass is 16.3. The van der Waals surface area contributed by atoms with Crippen LogP contribution in [0.25, 0.3) is 0 Å². The Bertz CT molecular complexity index is 576. The van der Waals surface area contributed by atoms with Crippen LogP contribution in [-0.2, 0) is 16.1 Å². The molecule has 1 aliphatic heterocycles. The third kappa shape index (κ3) is 2.34. The van der Waals surface area contributed by atoms with Crippen molar-refractivity contribution in [3.63, 3.8) is 0 Å². The van der Waals surface area contributed by atoms with Crippen LogP contribution < -0.4 is 5.32 Å². The van der Waals surface area contributed by atoms with E-state index in [1.165, 1.54) is 0 Å². The second-order valence-electron chi connectivity index (χ2n) is 6.34. The number of furan rings is 1. The van der Waals surface area contributed by atoms with Gasteiger partial charge >= 0.3 is 0 Å². The first kappa shape index (κ1) is 14.2. The van der Waals surface area contributed by atoms with Gasteiger partial charge in [-0.3, -0.25) is 9.59 Å². The van der Waals surface area contributed by atoms with E-state index in [2.05, 4.69) is 5.32 Å². The lowest BCUT2D eigenvalue weighted by atomic mass is 9.89. The van der Waals surface area contributed by atoms with E-state index >= 15 is 0 Å². The van der Waals surface area contributed by atoms with E-state index in [1.807, 2.05) is 32.9 Å². The summed E-state index contributed by atoms with van der Waals surface area (Å²) in [6.07, 6.45) is 2.62. The van der Waals surface area contributed by atoms with Crippen LogP contribution in [0.5, 0.6) is 0 Å². The average Bonchev–Trinajstić information content (AvgIpc) is 3.21. The number of nitrogens with zero attached hydrogens (tertiary/aromatic N) is 1. The van der Waals surface area contributed by atoms with Gasteiger partial charge in [-0.2, -0.15) is 0 Å². The van der Waals surface area contributed by atoms with Crippen LogP contribution in [0, 0.1) is 12.8 Å². The lowest BCUT2D eigenvalue weighted by Crippen LogP contribution is -2.69. The van der Waals surface area contributed by atoms with Gasteiger partial charge in [0.05, 0.1) is 6.54 Å². The van der Waals surface area contributed by atoms with Crippen molar-refractivity contribution in [1.29, 1.82) is 0 Å². The molecular weight excluding hydrogens is 268 g/mol. The highest BCUT2D eigenvalue weighted by Crippen LogP contribution is 2.42. The Morgan fingerprint density at radius 2 is 2.10 bits per heavy atom. The van der Waals surface area contributed by atoms with E-state index in [4.69, 9.17) is 4.42 Å². The molecule has 2 amide bonds. The van der Waals surface area contributed by atoms with Gasteiger partial charge in [-0.25, -0.2) is 0 Å². The highest BCUT2D eigenvalue weighted by Gasteiger charge is 2.55. The lowest BCUT2D eigenvalue weighted by molar-refractivity contribution is -0.156. The highest BCUT2D eigenvalue weighted by molar-refractivity contribution is 6.00. The fraction of sp³-hybridized carbons (Fsp3) is 0.625. The van der Waals surface area contributed by atoms with Crippen molar-refractivity contribution in [1.82, 2.24) is 10.2 Å². The molecule has 2 heterocycles. The third-order valence-electron chi connectivity index (χ3n) is 4.67. The summed E-state index contributed by atoms with van der Waals surface area (Å²) >= 11 is 0. The molecule has 1 aliphatic carbocycles. The summed E-state index contributed by atoms with van der Waals surface area (Å²) < 4.78 is 5.58. The van der Waals surface area contributed by atoms with Crippen molar-refractivity contribution in [2.45, 2.75) is 58.2 Å². The molecule has 0 aromatic carbocycles. The molecule has 21 heavy (non-hydrogen) atoms. The molecule has 1 N–H and O–H groups in total. The fourth-order valence-electron chi connectivity index (χ4n) is 3.24. The van der Waals surface area contributed by atoms with Gasteiger partial charge in [0.2, 0.25) is 11.8 Å². The Morgan fingerprint density at radius 3 is 2.62 bits per heavy atom. The summed E-state index contributed by atoms with van der Waals surface area (Å²) in [5, 5.41) is 2.97. The van der Waals surface area contributed by atoms with Crippen LogP contribution in [0.15, 0.2) is 16.5 Å². The molecule has 5 nitrogen and oxygen atoms in total. The van der Waals surface area contributed by atoms with Crippen LogP contribution >= 0.6 is 0 Å². The molecule has 2 atom stereocenters. The van der Waals surface area contributed by atoms with E-state index in [0.717, 1.165) is 24.4 Å². The molecule has 0 bridgehead atoms. The summed E-state index contributed by atoms with van der Waals surface area (Å²) in [7, 11) is 0. The van der Waals surface area contributed by atoms with Crippen molar-refractivity contribution < 1.29 is 14.0 Å². The van der Waals surface area contributed by atoms with E-state index in [-0.39, 0.29) is 17.7 Å².